The second-order valence-electron chi connectivity index (χ2n) is 8.29. The van der Waals surface area contributed by atoms with Gasteiger partial charge in [0.25, 0.3) is 0 Å². The number of hydrogen-bond donors (Lipinski definition) is 0. The number of fused-ring (bicyclic) bond motifs is 2. The highest BCUT2D eigenvalue weighted by molar-refractivity contribution is 9.10. The van der Waals surface area contributed by atoms with Crippen molar-refractivity contribution in [1.82, 2.24) is 9.78 Å². The Balaban J connectivity index is 1.77. The summed E-state index contributed by atoms with van der Waals surface area (Å²) in [7, 11) is -1.59. The van der Waals surface area contributed by atoms with Gasteiger partial charge in [-0.2, -0.15) is 5.10 Å². The van der Waals surface area contributed by atoms with E-state index in [1.54, 1.807) is 0 Å². The van der Waals surface area contributed by atoms with E-state index in [2.05, 4.69) is 57.5 Å². The molecule has 2 aliphatic rings. The first-order valence-electron chi connectivity index (χ1n) is 9.62. The monoisotopic (exact) mass is 434 g/mol. The summed E-state index contributed by atoms with van der Waals surface area (Å²) in [6, 6.07) is 2.31. The quantitative estimate of drug-likeness (QED) is 0.553. The number of aryl methyl sites for hydroxylation is 1. The molecule has 140 valence electrons. The van der Waals surface area contributed by atoms with Crippen LogP contribution in [0.3, 0.4) is 0 Å². The number of hydrogen-bond acceptors (Lipinski definition) is 3. The Labute approximate surface area is 164 Å². The molecule has 1 aliphatic heterocycles. The number of nitrogens with zero attached hydrogens (tertiary/aromatic N) is 2. The van der Waals surface area contributed by atoms with Gasteiger partial charge in [0, 0.05) is 22.9 Å². The summed E-state index contributed by atoms with van der Waals surface area (Å²) in [5.41, 5.74) is 3.80. The molecule has 6 heteroatoms. The number of ether oxygens (including phenoxy) is 1. The molecule has 0 amide bonds. The van der Waals surface area contributed by atoms with E-state index in [-0.39, 0.29) is 6.23 Å². The highest BCUT2D eigenvalue weighted by Gasteiger charge is 2.24. The number of halogens is 1. The van der Waals surface area contributed by atoms with Crippen LogP contribution in [0.1, 0.15) is 49.5 Å². The van der Waals surface area contributed by atoms with E-state index in [1.807, 2.05) is 6.20 Å². The molecule has 1 atom stereocenters. The van der Waals surface area contributed by atoms with E-state index in [0.29, 0.717) is 0 Å². The van der Waals surface area contributed by atoms with E-state index >= 15 is 0 Å². The lowest BCUT2D eigenvalue weighted by Crippen LogP contribution is -2.24. The summed E-state index contributed by atoms with van der Waals surface area (Å²) in [5.74, 6) is 1.13. The molecule has 1 saturated heterocycles. The summed E-state index contributed by atoms with van der Waals surface area (Å²) in [4.78, 5) is 0. The second-order valence-corrected chi connectivity index (χ2v) is 13.5. The Bertz CT molecular complexity index is 848. The van der Waals surface area contributed by atoms with E-state index in [4.69, 9.17) is 9.16 Å². The minimum absolute atomic E-state index is 0.0679. The van der Waals surface area contributed by atoms with Crippen LogP contribution < -0.4 is 0 Å². The highest BCUT2D eigenvalue weighted by Crippen LogP contribution is 2.37. The predicted octanol–water partition coefficient (Wildman–Crippen LogP) is 6.03. The van der Waals surface area contributed by atoms with Gasteiger partial charge < -0.3 is 9.16 Å². The molecule has 0 spiro atoms. The van der Waals surface area contributed by atoms with Crippen molar-refractivity contribution in [3.63, 3.8) is 0 Å². The van der Waals surface area contributed by atoms with Gasteiger partial charge in [0.15, 0.2) is 6.23 Å². The molecule has 2 aromatic rings. The zero-order chi connectivity index (χ0) is 18.3. The molecule has 1 fully saturated rings. The van der Waals surface area contributed by atoms with Crippen LogP contribution in [0.4, 0.5) is 0 Å². The largest absolute Gasteiger partial charge is 0.547 e. The van der Waals surface area contributed by atoms with Gasteiger partial charge in [0.05, 0.1) is 17.5 Å². The Hall–Kier alpha value is -1.11. The fraction of sp³-hybridized carbons (Fsp3) is 0.550. The van der Waals surface area contributed by atoms with Crippen LogP contribution in [-0.2, 0) is 15.6 Å². The number of aromatic nitrogens is 2. The topological polar surface area (TPSA) is 36.3 Å². The van der Waals surface area contributed by atoms with Crippen LogP contribution in [0.25, 0.3) is 17.0 Å². The Morgan fingerprint density at radius 2 is 2.08 bits per heavy atom. The van der Waals surface area contributed by atoms with Crippen LogP contribution in [0.15, 0.2) is 22.5 Å². The third-order valence-electron chi connectivity index (χ3n) is 5.00. The molecule has 0 bridgehead atoms. The van der Waals surface area contributed by atoms with Crippen molar-refractivity contribution < 1.29 is 9.16 Å². The summed E-state index contributed by atoms with van der Waals surface area (Å²) >= 11 is 3.86. The second kappa shape index (κ2) is 7.13. The zero-order valence-corrected chi connectivity index (χ0v) is 18.4. The average molecular weight is 435 g/mol. The molecule has 1 aromatic carbocycles. The molecule has 2 heterocycles. The van der Waals surface area contributed by atoms with Crippen LogP contribution >= 0.6 is 15.9 Å². The van der Waals surface area contributed by atoms with Crippen molar-refractivity contribution >= 4 is 41.2 Å². The lowest BCUT2D eigenvalue weighted by molar-refractivity contribution is -0.0366. The molecular weight excluding hydrogens is 408 g/mol. The van der Waals surface area contributed by atoms with E-state index in [9.17, 15) is 0 Å². The summed E-state index contributed by atoms with van der Waals surface area (Å²) in [6.07, 6.45) is 10.9. The van der Waals surface area contributed by atoms with Gasteiger partial charge in [-0.3, -0.25) is 0 Å². The summed E-state index contributed by atoms with van der Waals surface area (Å²) in [5, 5.41) is 5.83. The Kier molecular flexibility index (Phi) is 5.01. The van der Waals surface area contributed by atoms with Crippen molar-refractivity contribution in [3.05, 3.63) is 33.6 Å². The van der Waals surface area contributed by atoms with Gasteiger partial charge in [0.2, 0.25) is 8.32 Å². The Morgan fingerprint density at radius 3 is 2.81 bits per heavy atom. The molecular formula is C20H27BrN2O2Si. The van der Waals surface area contributed by atoms with Crippen molar-refractivity contribution in [1.29, 1.82) is 0 Å². The number of allylic oxidation sites excluding steroid dienone is 1. The van der Waals surface area contributed by atoms with Crippen LogP contribution in [0.5, 0.6) is 0 Å². The minimum atomic E-state index is -1.59. The maximum Gasteiger partial charge on any atom is 0.241 e. The molecule has 1 aromatic heterocycles. The SMILES string of the molecule is C[Si](C)(C)OC1=Cc2c(cc3c(cnn3C3CCCCO3)c2Br)CCC1. The van der Waals surface area contributed by atoms with Crippen LogP contribution in [0.2, 0.25) is 19.6 Å². The summed E-state index contributed by atoms with van der Waals surface area (Å²) < 4.78 is 15.5. The predicted molar refractivity (Wildman–Crippen MR) is 112 cm³/mol. The molecule has 0 saturated carbocycles. The molecule has 0 N–H and O–H groups in total. The van der Waals surface area contributed by atoms with E-state index < -0.39 is 8.32 Å². The van der Waals surface area contributed by atoms with Crippen molar-refractivity contribution in [2.24, 2.45) is 0 Å². The smallest absolute Gasteiger partial charge is 0.241 e. The third-order valence-corrected chi connectivity index (χ3v) is 6.73. The van der Waals surface area contributed by atoms with Gasteiger partial charge >= 0.3 is 0 Å². The maximum absolute atomic E-state index is 6.32. The van der Waals surface area contributed by atoms with Gasteiger partial charge in [-0.15, -0.1) is 0 Å². The van der Waals surface area contributed by atoms with Gasteiger partial charge in [-0.1, -0.05) is 0 Å². The highest BCUT2D eigenvalue weighted by atomic mass is 79.9. The van der Waals surface area contributed by atoms with Gasteiger partial charge in [-0.05, 0) is 90.9 Å². The van der Waals surface area contributed by atoms with Crippen molar-refractivity contribution in [2.75, 3.05) is 6.61 Å². The first-order chi connectivity index (χ1) is 12.4. The van der Waals surface area contributed by atoms with Crippen molar-refractivity contribution in [2.45, 2.75) is 64.4 Å². The van der Waals surface area contributed by atoms with E-state index in [1.165, 1.54) is 23.1 Å². The summed E-state index contributed by atoms with van der Waals surface area (Å²) in [6.45, 7) is 7.56. The Morgan fingerprint density at radius 1 is 1.23 bits per heavy atom. The number of rotatable bonds is 3. The maximum atomic E-state index is 6.32. The fourth-order valence-electron chi connectivity index (χ4n) is 3.88. The molecule has 4 nitrogen and oxygen atoms in total. The minimum Gasteiger partial charge on any atom is -0.547 e. The first kappa shape index (κ1) is 18.3. The molecule has 0 radical (unpaired) electrons. The third kappa shape index (κ3) is 3.64. The molecule has 26 heavy (non-hydrogen) atoms. The van der Waals surface area contributed by atoms with Gasteiger partial charge in [0.1, 0.15) is 0 Å². The number of benzene rings is 1. The standard InChI is InChI=1S/C20H27BrN2O2Si/c1-26(2,3)25-15-8-6-7-14-11-18-17(20(21)16(14)12-15)13-22-23(18)19-9-4-5-10-24-19/h11-13,19H,4-10H2,1-3H3. The van der Waals surface area contributed by atoms with Gasteiger partial charge in [-0.25, -0.2) is 4.68 Å². The molecule has 1 aliphatic carbocycles. The fourth-order valence-corrected chi connectivity index (χ4v) is 5.50. The van der Waals surface area contributed by atoms with E-state index in [0.717, 1.165) is 54.3 Å². The lowest BCUT2D eigenvalue weighted by Gasteiger charge is -2.23. The van der Waals surface area contributed by atoms with Crippen LogP contribution in [0, 0.1) is 0 Å². The van der Waals surface area contributed by atoms with Crippen LogP contribution in [-0.4, -0.2) is 24.7 Å². The molecule has 4 rings (SSSR count). The van der Waals surface area contributed by atoms with Crippen molar-refractivity contribution in [3.8, 4) is 0 Å². The zero-order valence-electron chi connectivity index (χ0n) is 15.8. The molecule has 1 unspecified atom stereocenters. The average Bonchev–Trinajstić information content (AvgIpc) is 2.91. The lowest BCUT2D eigenvalue weighted by atomic mass is 10.0. The normalized spacial score (nSPS) is 21.2. The first-order valence-corrected chi connectivity index (χ1v) is 13.8.